The Morgan fingerprint density at radius 1 is 0.969 bits per heavy atom. The fourth-order valence-electron chi connectivity index (χ4n) is 2.98. The minimum absolute atomic E-state index is 0.129. The van der Waals surface area contributed by atoms with E-state index in [9.17, 15) is 18.0 Å². The smallest absolute Gasteiger partial charge is 0.354 e. The van der Waals surface area contributed by atoms with Gasteiger partial charge in [-0.25, -0.2) is 4.98 Å². The third-order valence-corrected chi connectivity index (χ3v) is 4.53. The van der Waals surface area contributed by atoms with Crippen LogP contribution in [0.4, 0.5) is 30.6 Å². The van der Waals surface area contributed by atoms with Gasteiger partial charge in [0.05, 0.1) is 12.0 Å². The van der Waals surface area contributed by atoms with E-state index in [0.717, 1.165) is 29.1 Å². The van der Waals surface area contributed by atoms with Gasteiger partial charge in [-0.2, -0.15) is 18.2 Å². The first-order chi connectivity index (χ1) is 15.2. The molecular weight excluding hydrogens is 419 g/mol. The minimum Gasteiger partial charge on any atom is -0.354 e. The third kappa shape index (κ3) is 6.97. The van der Waals surface area contributed by atoms with Crippen molar-refractivity contribution in [2.45, 2.75) is 26.4 Å². The monoisotopic (exact) mass is 443 g/mol. The van der Waals surface area contributed by atoms with E-state index in [-0.39, 0.29) is 18.9 Å². The second kappa shape index (κ2) is 10.1. The highest BCUT2D eigenvalue weighted by atomic mass is 19.4. The highest BCUT2D eigenvalue weighted by molar-refractivity contribution is 5.78. The zero-order valence-corrected chi connectivity index (χ0v) is 17.8. The molecule has 0 aliphatic rings. The van der Waals surface area contributed by atoms with Crippen LogP contribution in [0.5, 0.6) is 0 Å². The molecule has 1 amide bonds. The normalized spacial score (nSPS) is 11.2. The summed E-state index contributed by atoms with van der Waals surface area (Å²) in [5.41, 5.74) is 2.37. The van der Waals surface area contributed by atoms with E-state index in [0.29, 0.717) is 23.9 Å². The van der Waals surface area contributed by atoms with E-state index >= 15 is 0 Å². The van der Waals surface area contributed by atoms with Crippen LogP contribution in [0, 0.1) is 13.8 Å². The SMILES string of the molecule is Cc1ccc(Nc2cc(C)nc(NCCNC(=O)Cc3cccc(C(F)(F)F)c3)n2)cc1. The lowest BCUT2D eigenvalue weighted by Crippen LogP contribution is -2.30. The molecule has 1 heterocycles. The molecule has 0 bridgehead atoms. The van der Waals surface area contributed by atoms with Crippen molar-refractivity contribution in [3.8, 4) is 0 Å². The number of aromatic nitrogens is 2. The van der Waals surface area contributed by atoms with Gasteiger partial charge in [-0.1, -0.05) is 35.9 Å². The third-order valence-electron chi connectivity index (χ3n) is 4.53. The lowest BCUT2D eigenvalue weighted by atomic mass is 10.1. The van der Waals surface area contributed by atoms with Gasteiger partial charge in [0.2, 0.25) is 11.9 Å². The van der Waals surface area contributed by atoms with Crippen LogP contribution < -0.4 is 16.0 Å². The van der Waals surface area contributed by atoms with Gasteiger partial charge in [0.1, 0.15) is 5.82 Å². The van der Waals surface area contributed by atoms with Crippen molar-refractivity contribution in [1.29, 1.82) is 0 Å². The maximum absolute atomic E-state index is 12.8. The predicted molar refractivity (Wildman–Crippen MR) is 118 cm³/mol. The van der Waals surface area contributed by atoms with Crippen molar-refractivity contribution in [3.05, 3.63) is 77.0 Å². The van der Waals surface area contributed by atoms with Gasteiger partial charge in [0.15, 0.2) is 0 Å². The number of anilines is 3. The van der Waals surface area contributed by atoms with Gasteiger partial charge in [0.25, 0.3) is 0 Å². The fourth-order valence-corrected chi connectivity index (χ4v) is 2.98. The van der Waals surface area contributed by atoms with Crippen molar-refractivity contribution in [1.82, 2.24) is 15.3 Å². The second-order valence-electron chi connectivity index (χ2n) is 7.36. The van der Waals surface area contributed by atoms with Crippen molar-refractivity contribution < 1.29 is 18.0 Å². The van der Waals surface area contributed by atoms with Crippen LogP contribution in [0.3, 0.4) is 0 Å². The summed E-state index contributed by atoms with van der Waals surface area (Å²) in [4.78, 5) is 20.8. The van der Waals surface area contributed by atoms with E-state index in [1.54, 1.807) is 0 Å². The van der Waals surface area contributed by atoms with Crippen LogP contribution in [-0.2, 0) is 17.4 Å². The van der Waals surface area contributed by atoms with Crippen molar-refractivity contribution in [2.24, 2.45) is 0 Å². The Morgan fingerprint density at radius 3 is 2.44 bits per heavy atom. The molecule has 0 aliphatic carbocycles. The molecule has 0 unspecified atom stereocenters. The van der Waals surface area contributed by atoms with Crippen LogP contribution in [0.2, 0.25) is 0 Å². The summed E-state index contributed by atoms with van der Waals surface area (Å²) in [5, 5.41) is 8.95. The van der Waals surface area contributed by atoms with Crippen LogP contribution in [-0.4, -0.2) is 29.0 Å². The van der Waals surface area contributed by atoms with Gasteiger partial charge in [0, 0.05) is 30.5 Å². The van der Waals surface area contributed by atoms with Gasteiger partial charge in [-0.3, -0.25) is 4.79 Å². The molecule has 168 valence electrons. The molecular formula is C23H24F3N5O. The highest BCUT2D eigenvalue weighted by Gasteiger charge is 2.30. The van der Waals surface area contributed by atoms with Crippen molar-refractivity contribution >= 4 is 23.4 Å². The summed E-state index contributed by atoms with van der Waals surface area (Å²) < 4.78 is 38.4. The van der Waals surface area contributed by atoms with E-state index < -0.39 is 11.7 Å². The first kappa shape index (κ1) is 23.1. The Hall–Kier alpha value is -3.62. The summed E-state index contributed by atoms with van der Waals surface area (Å²) in [7, 11) is 0. The van der Waals surface area contributed by atoms with Crippen LogP contribution in [0.25, 0.3) is 0 Å². The quantitative estimate of drug-likeness (QED) is 0.443. The van der Waals surface area contributed by atoms with Gasteiger partial charge >= 0.3 is 6.18 Å². The molecule has 0 radical (unpaired) electrons. The van der Waals surface area contributed by atoms with E-state index in [1.807, 2.05) is 44.2 Å². The number of aryl methyl sites for hydroxylation is 2. The minimum atomic E-state index is -4.43. The maximum Gasteiger partial charge on any atom is 0.416 e. The zero-order chi connectivity index (χ0) is 23.1. The molecule has 0 saturated carbocycles. The van der Waals surface area contributed by atoms with Crippen LogP contribution in [0.1, 0.15) is 22.4 Å². The summed E-state index contributed by atoms with van der Waals surface area (Å²) >= 11 is 0. The predicted octanol–water partition coefficient (Wildman–Crippen LogP) is 4.63. The molecule has 6 nitrogen and oxygen atoms in total. The van der Waals surface area contributed by atoms with E-state index in [4.69, 9.17) is 0 Å². The average molecular weight is 443 g/mol. The molecule has 9 heteroatoms. The number of carbonyl (C=O) groups excluding carboxylic acids is 1. The van der Waals surface area contributed by atoms with E-state index in [1.165, 1.54) is 12.1 Å². The molecule has 0 spiro atoms. The number of halogens is 3. The Balaban J connectivity index is 1.48. The topological polar surface area (TPSA) is 78.9 Å². The van der Waals surface area contributed by atoms with Crippen LogP contribution >= 0.6 is 0 Å². The molecule has 3 rings (SSSR count). The van der Waals surface area contributed by atoms with Crippen molar-refractivity contribution in [3.63, 3.8) is 0 Å². The fraction of sp³-hybridized carbons (Fsp3) is 0.261. The van der Waals surface area contributed by atoms with E-state index in [2.05, 4.69) is 25.9 Å². The Kier molecular flexibility index (Phi) is 7.29. The number of hydrogen-bond acceptors (Lipinski definition) is 5. The average Bonchev–Trinajstić information content (AvgIpc) is 2.72. The number of hydrogen-bond donors (Lipinski definition) is 3. The second-order valence-corrected chi connectivity index (χ2v) is 7.36. The van der Waals surface area contributed by atoms with Crippen LogP contribution in [0.15, 0.2) is 54.6 Å². The Bertz CT molecular complexity index is 1070. The number of rotatable bonds is 8. The summed E-state index contributed by atoms with van der Waals surface area (Å²) in [6.45, 7) is 4.50. The zero-order valence-electron chi connectivity index (χ0n) is 17.8. The number of alkyl halides is 3. The molecule has 0 saturated heterocycles. The standard InChI is InChI=1S/C23H24F3N5O/c1-15-6-8-19(9-7-15)30-20-12-16(2)29-22(31-20)28-11-10-27-21(32)14-17-4-3-5-18(13-17)23(24,25)26/h3-9,12-13H,10-11,14H2,1-2H3,(H,27,32)(H2,28,29,30,31). The summed E-state index contributed by atoms with van der Waals surface area (Å²) in [5.74, 6) is 0.683. The molecule has 32 heavy (non-hydrogen) atoms. The molecule has 1 aromatic heterocycles. The number of benzene rings is 2. The Morgan fingerprint density at radius 2 is 1.72 bits per heavy atom. The van der Waals surface area contributed by atoms with Crippen molar-refractivity contribution in [2.75, 3.05) is 23.7 Å². The largest absolute Gasteiger partial charge is 0.416 e. The first-order valence-corrected chi connectivity index (χ1v) is 10.0. The highest BCUT2D eigenvalue weighted by Crippen LogP contribution is 2.29. The summed E-state index contributed by atoms with van der Waals surface area (Å²) in [6.07, 6.45) is -4.56. The molecule has 2 aromatic carbocycles. The van der Waals surface area contributed by atoms with Gasteiger partial charge in [-0.05, 0) is 37.6 Å². The molecule has 3 aromatic rings. The lowest BCUT2D eigenvalue weighted by molar-refractivity contribution is -0.137. The molecule has 3 N–H and O–H groups in total. The summed E-state index contributed by atoms with van der Waals surface area (Å²) in [6, 6.07) is 14.5. The Labute approximate surface area is 184 Å². The number of carbonyl (C=O) groups is 1. The maximum atomic E-state index is 12.8. The molecule has 0 atom stereocenters. The molecule has 0 fully saturated rings. The number of amides is 1. The number of nitrogens with one attached hydrogen (secondary N) is 3. The number of nitrogens with zero attached hydrogens (tertiary/aromatic N) is 2. The van der Waals surface area contributed by atoms with Gasteiger partial charge in [-0.15, -0.1) is 0 Å². The van der Waals surface area contributed by atoms with Gasteiger partial charge < -0.3 is 16.0 Å². The lowest BCUT2D eigenvalue weighted by Gasteiger charge is -2.11. The molecule has 0 aliphatic heterocycles. The first-order valence-electron chi connectivity index (χ1n) is 10.0.